The van der Waals surface area contributed by atoms with Crippen molar-refractivity contribution in [3.8, 4) is 11.5 Å². The van der Waals surface area contributed by atoms with Crippen LogP contribution in [0, 0.1) is 5.82 Å². The van der Waals surface area contributed by atoms with Crippen LogP contribution in [0.1, 0.15) is 40.1 Å². The number of amides is 1. The third-order valence-electron chi connectivity index (χ3n) is 5.59. The van der Waals surface area contributed by atoms with E-state index in [4.69, 9.17) is 9.47 Å². The Kier molecular flexibility index (Phi) is 5.10. The number of carbonyl (C=O) groups is 1. The molecule has 2 aromatic carbocycles. The van der Waals surface area contributed by atoms with E-state index < -0.39 is 30.0 Å². The molecule has 0 aliphatic carbocycles. The topological polar surface area (TPSA) is 77.4 Å². The van der Waals surface area contributed by atoms with Crippen LogP contribution in [0.15, 0.2) is 48.5 Å². The molecule has 0 saturated heterocycles. The first kappa shape index (κ1) is 21.1. The molecule has 0 spiro atoms. The number of rotatable bonds is 4. The predicted molar refractivity (Wildman–Crippen MR) is 108 cm³/mol. The highest BCUT2D eigenvalue weighted by molar-refractivity contribution is 5.93. The molecule has 2 aliphatic heterocycles. The zero-order valence-corrected chi connectivity index (χ0v) is 17.0. The summed E-state index contributed by atoms with van der Waals surface area (Å²) in [5.74, 6) is 0.0415. The van der Waals surface area contributed by atoms with Crippen LogP contribution in [0.4, 0.5) is 23.4 Å². The van der Waals surface area contributed by atoms with Gasteiger partial charge < -0.3 is 20.1 Å². The van der Waals surface area contributed by atoms with E-state index in [0.29, 0.717) is 22.6 Å². The molecular weight excluding hydrogens is 444 g/mol. The van der Waals surface area contributed by atoms with Crippen LogP contribution in [0.3, 0.4) is 0 Å². The molecule has 1 aromatic heterocycles. The Labute approximate surface area is 185 Å². The van der Waals surface area contributed by atoms with Gasteiger partial charge in [0.25, 0.3) is 5.91 Å². The fraction of sp³-hybridized carbons (Fsp3) is 0.273. The predicted octanol–water partition coefficient (Wildman–Crippen LogP) is 4.34. The summed E-state index contributed by atoms with van der Waals surface area (Å²) in [7, 11) is 0. The molecule has 0 bridgehead atoms. The molecule has 2 N–H and O–H groups in total. The number of hydrogen-bond acceptors (Lipinski definition) is 5. The Hall–Kier alpha value is -3.76. The van der Waals surface area contributed by atoms with Crippen molar-refractivity contribution in [3.63, 3.8) is 0 Å². The Morgan fingerprint density at radius 3 is 2.64 bits per heavy atom. The van der Waals surface area contributed by atoms with E-state index in [2.05, 4.69) is 15.7 Å². The van der Waals surface area contributed by atoms with E-state index in [-0.39, 0.29) is 31.3 Å². The lowest BCUT2D eigenvalue weighted by molar-refractivity contribution is -0.173. The van der Waals surface area contributed by atoms with Crippen LogP contribution in [0.5, 0.6) is 11.5 Å². The van der Waals surface area contributed by atoms with Crippen molar-refractivity contribution in [3.05, 3.63) is 71.2 Å². The number of nitrogens with one attached hydrogen (secondary N) is 2. The third-order valence-corrected chi connectivity index (χ3v) is 5.59. The standard InChI is InChI=1S/C22H18F4N4O3/c23-14-4-1-12(2-5-14)10-27-21(31)16-9-20-28-15(8-19(22(24,25)26)30(20)29-16)13-3-6-17-18(7-13)33-11-32-17/h1-7,9,15,19,28H,8,10-11H2,(H,27,31)/t15-,19+/m1/s1. The molecule has 7 nitrogen and oxygen atoms in total. The Balaban J connectivity index is 1.38. The van der Waals surface area contributed by atoms with Crippen LogP contribution in [-0.4, -0.2) is 28.7 Å². The number of benzene rings is 2. The van der Waals surface area contributed by atoms with Crippen molar-refractivity contribution in [2.45, 2.75) is 31.2 Å². The van der Waals surface area contributed by atoms with Crippen molar-refractivity contribution in [2.24, 2.45) is 0 Å². The summed E-state index contributed by atoms with van der Waals surface area (Å²) in [6.07, 6.45) is -4.88. The molecule has 0 radical (unpaired) electrons. The van der Waals surface area contributed by atoms with Crippen LogP contribution in [0.2, 0.25) is 0 Å². The minimum Gasteiger partial charge on any atom is -0.454 e. The molecule has 0 fully saturated rings. The number of alkyl halides is 3. The largest absolute Gasteiger partial charge is 0.454 e. The van der Waals surface area contributed by atoms with Crippen LogP contribution in [-0.2, 0) is 6.54 Å². The molecule has 0 saturated carbocycles. The second-order valence-electron chi connectivity index (χ2n) is 7.77. The molecule has 33 heavy (non-hydrogen) atoms. The molecular formula is C22H18F4N4O3. The quantitative estimate of drug-likeness (QED) is 0.564. The van der Waals surface area contributed by atoms with E-state index >= 15 is 0 Å². The second-order valence-corrected chi connectivity index (χ2v) is 7.77. The summed E-state index contributed by atoms with van der Waals surface area (Å²) < 4.78 is 66.1. The maximum absolute atomic E-state index is 13.9. The number of fused-ring (bicyclic) bond motifs is 2. The lowest BCUT2D eigenvalue weighted by Gasteiger charge is -2.33. The number of anilines is 1. The van der Waals surface area contributed by atoms with Gasteiger partial charge in [-0.1, -0.05) is 18.2 Å². The second kappa shape index (κ2) is 7.98. The normalized spacial score (nSPS) is 19.0. The Bertz CT molecular complexity index is 1190. The molecule has 11 heteroatoms. The number of nitrogens with zero attached hydrogens (tertiary/aromatic N) is 2. The van der Waals surface area contributed by atoms with Crippen LogP contribution >= 0.6 is 0 Å². The summed E-state index contributed by atoms with van der Waals surface area (Å²) in [5, 5.41) is 9.56. The van der Waals surface area contributed by atoms with Gasteiger partial charge in [-0.15, -0.1) is 0 Å². The van der Waals surface area contributed by atoms with Gasteiger partial charge in [0.05, 0.1) is 6.04 Å². The summed E-state index contributed by atoms with van der Waals surface area (Å²) >= 11 is 0. The number of ether oxygens (including phenoxy) is 2. The highest BCUT2D eigenvalue weighted by Crippen LogP contribution is 2.45. The molecule has 2 atom stereocenters. The Morgan fingerprint density at radius 2 is 1.88 bits per heavy atom. The summed E-state index contributed by atoms with van der Waals surface area (Å²) in [5.41, 5.74) is 1.09. The summed E-state index contributed by atoms with van der Waals surface area (Å²) in [4.78, 5) is 12.5. The van der Waals surface area contributed by atoms with Gasteiger partial charge in [-0.25, -0.2) is 9.07 Å². The van der Waals surface area contributed by atoms with E-state index in [1.165, 1.54) is 30.3 Å². The van der Waals surface area contributed by atoms with Gasteiger partial charge in [0.1, 0.15) is 11.6 Å². The monoisotopic (exact) mass is 462 g/mol. The fourth-order valence-corrected chi connectivity index (χ4v) is 3.91. The zero-order valence-electron chi connectivity index (χ0n) is 17.0. The fourth-order valence-electron chi connectivity index (χ4n) is 3.91. The lowest BCUT2D eigenvalue weighted by Crippen LogP contribution is -2.35. The molecule has 0 unspecified atom stereocenters. The lowest BCUT2D eigenvalue weighted by atomic mass is 9.96. The molecule has 3 heterocycles. The Morgan fingerprint density at radius 1 is 1.12 bits per heavy atom. The first-order valence-electron chi connectivity index (χ1n) is 10.1. The van der Waals surface area contributed by atoms with Crippen molar-refractivity contribution in [1.82, 2.24) is 15.1 Å². The van der Waals surface area contributed by atoms with Crippen molar-refractivity contribution < 1.29 is 31.8 Å². The minimum absolute atomic E-state index is 0.0607. The van der Waals surface area contributed by atoms with Crippen molar-refractivity contribution in [2.75, 3.05) is 12.1 Å². The van der Waals surface area contributed by atoms with Gasteiger partial charge in [0.15, 0.2) is 23.2 Å². The van der Waals surface area contributed by atoms with Gasteiger partial charge in [0.2, 0.25) is 6.79 Å². The SMILES string of the molecule is O=C(NCc1ccc(F)cc1)c1cc2n(n1)[C@H](C(F)(F)F)C[C@H](c1ccc3c(c1)OCO3)N2. The average Bonchev–Trinajstić information content (AvgIpc) is 3.43. The highest BCUT2D eigenvalue weighted by Gasteiger charge is 2.47. The zero-order chi connectivity index (χ0) is 23.2. The first-order valence-corrected chi connectivity index (χ1v) is 10.1. The maximum Gasteiger partial charge on any atom is 0.410 e. The van der Waals surface area contributed by atoms with Gasteiger partial charge in [-0.05, 0) is 35.4 Å². The smallest absolute Gasteiger partial charge is 0.410 e. The van der Waals surface area contributed by atoms with E-state index in [0.717, 1.165) is 4.68 Å². The van der Waals surface area contributed by atoms with E-state index in [9.17, 15) is 22.4 Å². The van der Waals surface area contributed by atoms with Crippen LogP contribution < -0.4 is 20.1 Å². The first-order chi connectivity index (χ1) is 15.8. The van der Waals surface area contributed by atoms with Crippen LogP contribution in [0.25, 0.3) is 0 Å². The summed E-state index contributed by atoms with van der Waals surface area (Å²) in [6.45, 7) is 0.141. The molecule has 5 rings (SSSR count). The van der Waals surface area contributed by atoms with E-state index in [1.807, 2.05) is 0 Å². The van der Waals surface area contributed by atoms with Gasteiger partial charge >= 0.3 is 6.18 Å². The maximum atomic E-state index is 13.9. The highest BCUT2D eigenvalue weighted by atomic mass is 19.4. The number of aromatic nitrogens is 2. The van der Waals surface area contributed by atoms with Crippen molar-refractivity contribution in [1.29, 1.82) is 0 Å². The number of halogens is 4. The molecule has 2 aliphatic rings. The minimum atomic E-state index is -4.57. The van der Waals surface area contributed by atoms with E-state index in [1.54, 1.807) is 18.2 Å². The van der Waals surface area contributed by atoms with Gasteiger partial charge in [0, 0.05) is 19.0 Å². The van der Waals surface area contributed by atoms with Crippen molar-refractivity contribution >= 4 is 11.7 Å². The molecule has 1 amide bonds. The van der Waals surface area contributed by atoms with Gasteiger partial charge in [-0.2, -0.15) is 18.3 Å². The third kappa shape index (κ3) is 4.18. The molecule has 172 valence electrons. The average molecular weight is 462 g/mol. The number of hydrogen-bond donors (Lipinski definition) is 2. The van der Waals surface area contributed by atoms with Gasteiger partial charge in [-0.3, -0.25) is 4.79 Å². The number of carbonyl (C=O) groups excluding carboxylic acids is 1. The molecule has 3 aromatic rings. The summed E-state index contributed by atoms with van der Waals surface area (Å²) in [6, 6.07) is 9.20.